The Kier molecular flexibility index (Phi) is 7.49. The second-order valence-corrected chi connectivity index (χ2v) is 11.7. The molecule has 0 amide bonds. The van der Waals surface area contributed by atoms with Crippen molar-refractivity contribution >= 4 is 40.5 Å². The number of benzene rings is 2. The summed E-state index contributed by atoms with van der Waals surface area (Å²) in [6, 6.07) is 26.7. The van der Waals surface area contributed by atoms with Crippen molar-refractivity contribution in [2.24, 2.45) is 0 Å². The third-order valence-electron chi connectivity index (χ3n) is 7.48. The van der Waals surface area contributed by atoms with E-state index in [0.29, 0.717) is 5.11 Å². The van der Waals surface area contributed by atoms with Crippen LogP contribution in [0, 0.1) is 30.9 Å². The number of pyridine rings is 2. The van der Waals surface area contributed by atoms with Crippen LogP contribution in [0.3, 0.4) is 0 Å². The Bertz CT molecular complexity index is 1770. The number of aromatic nitrogens is 3. The van der Waals surface area contributed by atoms with E-state index in [-0.39, 0.29) is 22.7 Å². The molecule has 42 heavy (non-hydrogen) atoms. The van der Waals surface area contributed by atoms with Crippen molar-refractivity contribution in [2.75, 3.05) is 4.90 Å². The molecule has 0 aliphatic carbocycles. The minimum atomic E-state index is -0.389. The van der Waals surface area contributed by atoms with Gasteiger partial charge >= 0.3 is 0 Å². The predicted octanol–water partition coefficient (Wildman–Crippen LogP) is 7.43. The van der Waals surface area contributed by atoms with E-state index in [9.17, 15) is 10.1 Å². The van der Waals surface area contributed by atoms with Gasteiger partial charge in [0.1, 0.15) is 5.82 Å². The van der Waals surface area contributed by atoms with Crippen molar-refractivity contribution in [3.63, 3.8) is 0 Å². The molecule has 1 aliphatic heterocycles. The summed E-state index contributed by atoms with van der Waals surface area (Å²) in [5.74, 6) is 0.917. The first-order chi connectivity index (χ1) is 20.3. The lowest BCUT2D eigenvalue weighted by Crippen LogP contribution is -2.29. The highest BCUT2D eigenvalue weighted by molar-refractivity contribution is 7.99. The molecule has 2 unspecified atom stereocenters. The summed E-state index contributed by atoms with van der Waals surface area (Å²) in [5.41, 5.74) is 6.39. The fourth-order valence-corrected chi connectivity index (χ4v) is 6.68. The second kappa shape index (κ2) is 11.4. The maximum absolute atomic E-state index is 11.0. The predicted molar refractivity (Wildman–Crippen MR) is 169 cm³/mol. The van der Waals surface area contributed by atoms with Gasteiger partial charge in [-0.05, 0) is 105 Å². The minimum Gasteiger partial charge on any atom is -0.351 e. The van der Waals surface area contributed by atoms with Crippen LogP contribution in [0.2, 0.25) is 0 Å². The monoisotopic (exact) mass is 592 g/mol. The Morgan fingerprint density at radius 1 is 0.905 bits per heavy atom. The Hall–Kier alpha value is -4.54. The van der Waals surface area contributed by atoms with Gasteiger partial charge < -0.3 is 14.8 Å². The molecule has 0 saturated carbocycles. The zero-order chi connectivity index (χ0) is 29.4. The van der Waals surface area contributed by atoms with Crippen LogP contribution < -0.4 is 10.2 Å². The van der Waals surface area contributed by atoms with Crippen molar-refractivity contribution in [3.05, 3.63) is 136 Å². The first-order valence-corrected chi connectivity index (χ1v) is 14.7. The smallest absolute Gasteiger partial charge is 0.269 e. The lowest BCUT2D eigenvalue weighted by molar-refractivity contribution is -0.384. The maximum Gasteiger partial charge on any atom is 0.269 e. The molecular weight excluding hydrogens is 565 g/mol. The van der Waals surface area contributed by atoms with Gasteiger partial charge in [0.15, 0.2) is 5.11 Å². The van der Waals surface area contributed by atoms with Gasteiger partial charge in [0.2, 0.25) is 0 Å². The van der Waals surface area contributed by atoms with Crippen LogP contribution in [0.4, 0.5) is 11.4 Å². The summed E-state index contributed by atoms with van der Waals surface area (Å²) in [6.07, 6.45) is 3.64. The molecule has 6 rings (SSSR count). The normalized spacial score (nSPS) is 16.5. The van der Waals surface area contributed by atoms with E-state index in [0.717, 1.165) is 49.5 Å². The van der Waals surface area contributed by atoms with E-state index in [1.165, 1.54) is 12.1 Å². The minimum absolute atomic E-state index is 0.0795. The Labute approximate surface area is 253 Å². The molecule has 3 aromatic heterocycles. The van der Waals surface area contributed by atoms with Gasteiger partial charge in [-0.15, -0.1) is 0 Å². The van der Waals surface area contributed by atoms with Crippen LogP contribution in [0.25, 0.3) is 5.82 Å². The molecule has 4 heterocycles. The van der Waals surface area contributed by atoms with Crippen LogP contribution in [0.5, 0.6) is 0 Å². The summed E-state index contributed by atoms with van der Waals surface area (Å²) in [6.45, 7) is 6.32. The van der Waals surface area contributed by atoms with Crippen LogP contribution in [-0.2, 0) is 0 Å². The SMILES string of the molecule is Cc1cccnc1-n1c(C)cc(C2C(c3ccccn3)NC(=S)N2c2ccc(Sc3ccc([N+](=O)[O-])cc3)cc2)c1C. The molecular formula is C32H28N6O2S2. The number of non-ortho nitro benzene ring substituents is 1. The second-order valence-electron chi connectivity index (χ2n) is 10.1. The van der Waals surface area contributed by atoms with Crippen LogP contribution in [0.15, 0.2) is 107 Å². The molecule has 1 saturated heterocycles. The van der Waals surface area contributed by atoms with Gasteiger partial charge in [-0.25, -0.2) is 4.98 Å². The van der Waals surface area contributed by atoms with E-state index in [1.807, 2.05) is 36.7 Å². The number of nitro benzene ring substituents is 1. The molecule has 0 spiro atoms. The molecule has 1 aliphatic rings. The zero-order valence-corrected chi connectivity index (χ0v) is 24.9. The van der Waals surface area contributed by atoms with Crippen molar-refractivity contribution in [1.29, 1.82) is 0 Å². The summed E-state index contributed by atoms with van der Waals surface area (Å²) in [7, 11) is 0. The molecule has 1 fully saturated rings. The standard InChI is InChI=1S/C32H28N6O2S2/c1-20-7-6-18-34-31(20)36-21(2)19-27(22(36)3)30-29(28-8-4-5-17-33-28)35-32(41)37(30)23-9-13-25(14-10-23)42-26-15-11-24(12-16-26)38(39)40/h4-19,29-30H,1-3H3,(H,35,41). The van der Waals surface area contributed by atoms with E-state index >= 15 is 0 Å². The first kappa shape index (κ1) is 27.6. The molecule has 2 atom stereocenters. The van der Waals surface area contributed by atoms with Gasteiger partial charge in [0.05, 0.1) is 22.7 Å². The van der Waals surface area contributed by atoms with Crippen LogP contribution in [0.1, 0.15) is 40.3 Å². The number of thiocarbonyl (C=S) groups is 1. The van der Waals surface area contributed by atoms with Gasteiger partial charge in [-0.2, -0.15) is 0 Å². The molecule has 0 bridgehead atoms. The fourth-order valence-electron chi connectivity index (χ4n) is 5.52. The number of anilines is 1. The average molecular weight is 593 g/mol. The Morgan fingerprint density at radius 2 is 1.60 bits per heavy atom. The zero-order valence-electron chi connectivity index (χ0n) is 23.3. The number of nitro groups is 1. The highest BCUT2D eigenvalue weighted by Gasteiger charge is 2.42. The molecule has 2 aromatic carbocycles. The highest BCUT2D eigenvalue weighted by atomic mass is 32.2. The van der Waals surface area contributed by atoms with Crippen molar-refractivity contribution in [3.8, 4) is 5.82 Å². The molecule has 10 heteroatoms. The first-order valence-electron chi connectivity index (χ1n) is 13.5. The third kappa shape index (κ3) is 5.15. The molecule has 210 valence electrons. The Balaban J connectivity index is 1.38. The fraction of sp³-hybridized carbons (Fsp3) is 0.156. The number of nitrogens with one attached hydrogen (secondary N) is 1. The molecule has 5 aromatic rings. The van der Waals surface area contributed by atoms with Gasteiger partial charge in [-0.3, -0.25) is 15.1 Å². The molecule has 8 nitrogen and oxygen atoms in total. The largest absolute Gasteiger partial charge is 0.351 e. The number of hydrogen-bond donors (Lipinski definition) is 1. The average Bonchev–Trinajstić information content (AvgIpc) is 3.49. The topological polar surface area (TPSA) is 89.1 Å². The number of aryl methyl sites for hydroxylation is 2. The van der Waals surface area contributed by atoms with Gasteiger partial charge in [-0.1, -0.05) is 23.9 Å². The third-order valence-corrected chi connectivity index (χ3v) is 8.81. The lowest BCUT2D eigenvalue weighted by Gasteiger charge is -2.28. The van der Waals surface area contributed by atoms with E-state index in [4.69, 9.17) is 22.2 Å². The van der Waals surface area contributed by atoms with E-state index < -0.39 is 0 Å². The maximum atomic E-state index is 11.0. The van der Waals surface area contributed by atoms with Crippen LogP contribution in [-0.4, -0.2) is 24.6 Å². The highest BCUT2D eigenvalue weighted by Crippen LogP contribution is 2.44. The summed E-state index contributed by atoms with van der Waals surface area (Å²) >= 11 is 7.50. The number of rotatable bonds is 7. The summed E-state index contributed by atoms with van der Waals surface area (Å²) < 4.78 is 2.21. The van der Waals surface area contributed by atoms with E-state index in [1.54, 1.807) is 23.9 Å². The summed E-state index contributed by atoms with van der Waals surface area (Å²) in [4.78, 5) is 24.1. The molecule has 0 radical (unpaired) electrons. The van der Waals surface area contributed by atoms with Gasteiger partial charge in [0, 0.05) is 51.4 Å². The summed E-state index contributed by atoms with van der Waals surface area (Å²) in [5, 5.41) is 15.2. The Morgan fingerprint density at radius 3 is 2.24 bits per heavy atom. The number of hydrogen-bond acceptors (Lipinski definition) is 6. The lowest BCUT2D eigenvalue weighted by atomic mass is 9.96. The van der Waals surface area contributed by atoms with Crippen LogP contribution >= 0.6 is 24.0 Å². The van der Waals surface area contributed by atoms with Gasteiger partial charge in [0.25, 0.3) is 5.69 Å². The van der Waals surface area contributed by atoms with E-state index in [2.05, 4.69) is 72.0 Å². The number of nitrogens with zero attached hydrogens (tertiary/aromatic N) is 5. The van der Waals surface area contributed by atoms with Crippen molar-refractivity contribution < 1.29 is 4.92 Å². The molecule has 1 N–H and O–H groups in total. The van der Waals surface area contributed by atoms with Crippen molar-refractivity contribution in [1.82, 2.24) is 19.9 Å². The van der Waals surface area contributed by atoms with Crippen molar-refractivity contribution in [2.45, 2.75) is 42.6 Å². The quantitative estimate of drug-likeness (QED) is 0.119.